The minimum atomic E-state index is -0.843. The summed E-state index contributed by atoms with van der Waals surface area (Å²) in [5.41, 5.74) is 1.43. The zero-order chi connectivity index (χ0) is 47.3. The molecule has 1 fully saturated rings. The van der Waals surface area contributed by atoms with Crippen LogP contribution in [0.5, 0.6) is 0 Å². The number of methoxy groups -OCH3 is 2. The highest BCUT2D eigenvalue weighted by Gasteiger charge is 2.43. The molecule has 1 aliphatic rings. The summed E-state index contributed by atoms with van der Waals surface area (Å²) in [6.07, 6.45) is -0.131. The van der Waals surface area contributed by atoms with E-state index in [2.05, 4.69) is 10.6 Å². The van der Waals surface area contributed by atoms with Crippen LogP contribution in [0.4, 0.5) is 0 Å². The van der Waals surface area contributed by atoms with Crippen LogP contribution in [-0.4, -0.2) is 134 Å². The third-order valence-corrected chi connectivity index (χ3v) is 12.7. The molecular weight excluding hydrogens is 803 g/mol. The number of nitrogens with one attached hydrogen (secondary N) is 2. The fourth-order valence-electron chi connectivity index (χ4n) is 8.97. The number of carbonyl (C=O) groups is 6. The molecule has 2 N–H and O–H groups in total. The molecule has 350 valence electrons. The number of benzene rings is 2. The molecule has 0 aromatic heterocycles. The molecule has 3 rings (SSSR count). The zero-order valence-corrected chi connectivity index (χ0v) is 40.2. The van der Waals surface area contributed by atoms with Gasteiger partial charge in [-0.3, -0.25) is 28.9 Å². The third kappa shape index (κ3) is 13.7. The Bertz CT molecular complexity index is 1810. The van der Waals surface area contributed by atoms with Crippen LogP contribution in [0.3, 0.4) is 0 Å². The van der Waals surface area contributed by atoms with E-state index in [0.717, 1.165) is 0 Å². The standard InChI is InChI=1S/C49H75N5O9/c1-15-31(6)43(53(12)48(59)41(29(2)3)51-47(58)42(30(4)5)52(10)11)39(61-13)28-40(56)54-27-19-22-38(54)44(62-14)32(7)46(57)50-33(8)45(36-20-17-16-18-21-36)63-49(60)37-25-23-35(24-26-37)34(9)55/h16-18,20-21,23-26,29-33,38-39,41-45H,15,19,22,27-28H2,1-14H3,(H,50,57)(H,51,58)/t31?,32-,33-,38+,39-,41+,42+,43?,44-,45?/m1/s1. The van der Waals surface area contributed by atoms with Crippen LogP contribution in [0.1, 0.15) is 120 Å². The van der Waals surface area contributed by atoms with E-state index in [1.807, 2.05) is 90.9 Å². The second-order valence-corrected chi connectivity index (χ2v) is 18.1. The van der Waals surface area contributed by atoms with Gasteiger partial charge in [-0.15, -0.1) is 0 Å². The Morgan fingerprint density at radius 1 is 0.794 bits per heavy atom. The maximum Gasteiger partial charge on any atom is 0.338 e. The van der Waals surface area contributed by atoms with Crippen molar-refractivity contribution in [1.82, 2.24) is 25.3 Å². The number of amides is 4. The lowest BCUT2D eigenvalue weighted by Crippen LogP contribution is -2.59. The maximum atomic E-state index is 14.4. The molecule has 2 aromatic carbocycles. The number of Topliss-reactive ketones (excluding diaryl/α,β-unsaturated/α-hetero) is 1. The molecular formula is C49H75N5O9. The molecule has 3 unspecified atom stereocenters. The van der Waals surface area contributed by atoms with Crippen LogP contribution in [0.15, 0.2) is 54.6 Å². The van der Waals surface area contributed by atoms with Crippen molar-refractivity contribution in [3.8, 4) is 0 Å². The van der Waals surface area contributed by atoms with Gasteiger partial charge < -0.3 is 34.6 Å². The fraction of sp³-hybridized carbons (Fsp3) is 0.633. The number of ketones is 1. The van der Waals surface area contributed by atoms with Crippen molar-refractivity contribution < 1.29 is 43.0 Å². The molecule has 0 aliphatic carbocycles. The van der Waals surface area contributed by atoms with Gasteiger partial charge in [-0.25, -0.2) is 4.79 Å². The van der Waals surface area contributed by atoms with Gasteiger partial charge in [0.2, 0.25) is 23.6 Å². The Balaban J connectivity index is 1.80. The van der Waals surface area contributed by atoms with Gasteiger partial charge in [-0.2, -0.15) is 0 Å². The van der Waals surface area contributed by atoms with Crippen molar-refractivity contribution in [2.75, 3.05) is 41.9 Å². The number of carbonyl (C=O) groups excluding carboxylic acids is 6. The van der Waals surface area contributed by atoms with Gasteiger partial charge in [0.1, 0.15) is 12.1 Å². The number of hydrogen-bond acceptors (Lipinski definition) is 10. The average Bonchev–Trinajstić information content (AvgIpc) is 3.73. The largest absolute Gasteiger partial charge is 0.452 e. The number of hydrogen-bond donors (Lipinski definition) is 2. The zero-order valence-electron chi connectivity index (χ0n) is 40.2. The Labute approximate surface area is 376 Å². The van der Waals surface area contributed by atoms with E-state index in [0.29, 0.717) is 36.9 Å². The highest BCUT2D eigenvalue weighted by Crippen LogP contribution is 2.31. The van der Waals surface area contributed by atoms with Gasteiger partial charge in [0.05, 0.1) is 54.3 Å². The van der Waals surface area contributed by atoms with Gasteiger partial charge in [0, 0.05) is 33.4 Å². The molecule has 14 heteroatoms. The topological polar surface area (TPSA) is 164 Å². The van der Waals surface area contributed by atoms with Crippen LogP contribution in [0.2, 0.25) is 0 Å². The summed E-state index contributed by atoms with van der Waals surface area (Å²) in [5, 5.41) is 6.09. The van der Waals surface area contributed by atoms with E-state index in [1.165, 1.54) is 14.0 Å². The summed E-state index contributed by atoms with van der Waals surface area (Å²) in [6, 6.07) is 12.6. The lowest BCUT2D eigenvalue weighted by Gasteiger charge is -2.41. The first kappa shape index (κ1) is 52.7. The van der Waals surface area contributed by atoms with Crippen molar-refractivity contribution >= 4 is 35.4 Å². The Morgan fingerprint density at radius 2 is 1.40 bits per heavy atom. The SMILES string of the molecule is CCC(C)C([C@@H](CC(=O)N1CCC[C@H]1[C@H](OC)[C@@H](C)C(=O)N[C@H](C)C(OC(=O)c1ccc(C(C)=O)cc1)c1ccccc1)OC)N(C)C(=O)[C@@H](NC(=O)[C@H](C(C)C)N(C)C)C(C)C. The maximum absolute atomic E-state index is 14.4. The lowest BCUT2D eigenvalue weighted by atomic mass is 9.89. The summed E-state index contributed by atoms with van der Waals surface area (Å²) >= 11 is 0. The minimum absolute atomic E-state index is 0.00989. The van der Waals surface area contributed by atoms with Crippen LogP contribution in [0.25, 0.3) is 0 Å². The summed E-state index contributed by atoms with van der Waals surface area (Å²) in [4.78, 5) is 86.7. The highest BCUT2D eigenvalue weighted by molar-refractivity contribution is 5.96. The molecule has 4 amide bonds. The Morgan fingerprint density at radius 3 is 1.90 bits per heavy atom. The monoisotopic (exact) mass is 878 g/mol. The Hall–Kier alpha value is -4.66. The van der Waals surface area contributed by atoms with E-state index >= 15 is 0 Å². The van der Waals surface area contributed by atoms with Gasteiger partial charge >= 0.3 is 5.97 Å². The average molecular weight is 878 g/mol. The molecule has 0 saturated carbocycles. The van der Waals surface area contributed by atoms with Crippen LogP contribution in [-0.2, 0) is 33.4 Å². The molecule has 0 bridgehead atoms. The minimum Gasteiger partial charge on any atom is -0.452 e. The summed E-state index contributed by atoms with van der Waals surface area (Å²) in [6.45, 7) is 17.3. The molecule has 63 heavy (non-hydrogen) atoms. The smallest absolute Gasteiger partial charge is 0.338 e. The predicted octanol–water partition coefficient (Wildman–Crippen LogP) is 5.94. The van der Waals surface area contributed by atoms with E-state index in [9.17, 15) is 28.8 Å². The van der Waals surface area contributed by atoms with E-state index in [-0.39, 0.29) is 59.1 Å². The number of likely N-dealkylation sites (tertiary alicyclic amines) is 1. The van der Waals surface area contributed by atoms with Crippen LogP contribution in [0, 0.1) is 23.7 Å². The Kier molecular flexibility index (Phi) is 20.4. The lowest BCUT2D eigenvalue weighted by molar-refractivity contribution is -0.148. The number of nitrogens with zero attached hydrogens (tertiary/aromatic N) is 3. The number of esters is 1. The molecule has 0 radical (unpaired) electrons. The van der Waals surface area contributed by atoms with Crippen molar-refractivity contribution in [2.24, 2.45) is 23.7 Å². The first-order chi connectivity index (χ1) is 29.7. The summed E-state index contributed by atoms with van der Waals surface area (Å²) in [5.74, 6) is -2.62. The molecule has 10 atom stereocenters. The van der Waals surface area contributed by atoms with Crippen LogP contribution >= 0.6 is 0 Å². The third-order valence-electron chi connectivity index (χ3n) is 12.7. The molecule has 0 spiro atoms. The van der Waals surface area contributed by atoms with E-state index < -0.39 is 60.4 Å². The highest BCUT2D eigenvalue weighted by atomic mass is 16.5. The van der Waals surface area contributed by atoms with Crippen molar-refractivity contribution in [3.63, 3.8) is 0 Å². The van der Waals surface area contributed by atoms with Crippen LogP contribution < -0.4 is 10.6 Å². The first-order valence-electron chi connectivity index (χ1n) is 22.5. The quantitative estimate of drug-likeness (QED) is 0.101. The molecule has 1 heterocycles. The second-order valence-electron chi connectivity index (χ2n) is 18.1. The van der Waals surface area contributed by atoms with Gasteiger partial charge in [0.25, 0.3) is 0 Å². The van der Waals surface area contributed by atoms with Gasteiger partial charge in [0.15, 0.2) is 5.78 Å². The normalized spacial score (nSPS) is 18.4. The number of rotatable bonds is 23. The summed E-state index contributed by atoms with van der Waals surface area (Å²) in [7, 11) is 8.51. The second kappa shape index (κ2) is 24.4. The first-order valence-corrected chi connectivity index (χ1v) is 22.5. The molecule has 14 nitrogen and oxygen atoms in total. The number of likely N-dealkylation sites (N-methyl/N-ethyl adjacent to an activating group) is 2. The molecule has 1 aliphatic heterocycles. The summed E-state index contributed by atoms with van der Waals surface area (Å²) < 4.78 is 18.1. The van der Waals surface area contributed by atoms with E-state index in [4.69, 9.17) is 14.2 Å². The molecule has 1 saturated heterocycles. The van der Waals surface area contributed by atoms with E-state index in [1.54, 1.807) is 62.1 Å². The van der Waals surface area contributed by atoms with Crippen molar-refractivity contribution in [1.29, 1.82) is 0 Å². The van der Waals surface area contributed by atoms with Gasteiger partial charge in [-0.05, 0) is 76.2 Å². The fourth-order valence-corrected chi connectivity index (χ4v) is 8.97. The van der Waals surface area contributed by atoms with Crippen molar-refractivity contribution in [3.05, 3.63) is 71.3 Å². The molecule has 2 aromatic rings. The van der Waals surface area contributed by atoms with Gasteiger partial charge in [-0.1, -0.05) is 97.4 Å². The number of ether oxygens (including phenoxy) is 3. The predicted molar refractivity (Wildman–Crippen MR) is 244 cm³/mol. The van der Waals surface area contributed by atoms with Crippen molar-refractivity contribution in [2.45, 2.75) is 137 Å².